The van der Waals surface area contributed by atoms with Gasteiger partial charge in [-0.05, 0) is 57.7 Å². The molecule has 3 rings (SSSR count). The fourth-order valence-electron chi connectivity index (χ4n) is 5.46. The Morgan fingerprint density at radius 2 is 1.88 bits per heavy atom. The van der Waals surface area contributed by atoms with E-state index in [-0.39, 0.29) is 65.8 Å². The van der Waals surface area contributed by atoms with Crippen LogP contribution in [0.1, 0.15) is 74.1 Å². The zero-order valence-corrected chi connectivity index (χ0v) is 28.0. The molecular weight excluding hydrogens is 552 g/mol. The van der Waals surface area contributed by atoms with Crippen molar-refractivity contribution in [1.82, 2.24) is 5.32 Å². The number of aliphatic hydroxyl groups excluding tert-OH is 1. The van der Waals surface area contributed by atoms with Crippen molar-refractivity contribution in [1.29, 1.82) is 0 Å². The normalized spacial score (nSPS) is 35.1. The Morgan fingerprint density at radius 3 is 2.45 bits per heavy atom. The van der Waals surface area contributed by atoms with Crippen molar-refractivity contribution in [2.45, 2.75) is 141 Å². The first-order valence-electron chi connectivity index (χ1n) is 15.3. The molecule has 0 radical (unpaired) electrons. The Labute approximate surface area is 253 Å². The molecule has 2 amide bonds. The first-order valence-corrected chi connectivity index (χ1v) is 18.3. The van der Waals surface area contributed by atoms with Crippen molar-refractivity contribution in [3.63, 3.8) is 0 Å². The highest BCUT2D eigenvalue weighted by Crippen LogP contribution is 2.48. The van der Waals surface area contributed by atoms with Gasteiger partial charge >= 0.3 is 0 Å². The Hall–Kier alpha value is -1.82. The summed E-state index contributed by atoms with van der Waals surface area (Å²) in [7, 11) is -2.13. The fourth-order valence-corrected chi connectivity index (χ4v) is 6.80. The Bertz CT molecular complexity index is 1040. The summed E-state index contributed by atoms with van der Waals surface area (Å²) in [5, 5.41) is 12.4. The number of ether oxygens (including phenoxy) is 3. The zero-order chi connectivity index (χ0) is 31.5. The third kappa shape index (κ3) is 9.34. The number of primary amides is 1. The van der Waals surface area contributed by atoms with Crippen molar-refractivity contribution in [2.75, 3.05) is 6.61 Å². The lowest BCUT2D eigenvalue weighted by atomic mass is 9.87. The number of hydrogen-bond acceptors (Lipinski definition) is 7. The van der Waals surface area contributed by atoms with Gasteiger partial charge in [-0.15, -0.1) is 0 Å². The second-order valence-corrected chi connectivity index (χ2v) is 18.9. The van der Waals surface area contributed by atoms with Gasteiger partial charge in [0.25, 0.3) is 0 Å². The molecule has 1 spiro atoms. The molecule has 4 N–H and O–H groups in total. The van der Waals surface area contributed by atoms with Crippen LogP contribution in [0.2, 0.25) is 18.1 Å². The van der Waals surface area contributed by atoms with E-state index in [1.54, 1.807) is 6.92 Å². The number of hydrogen-bond donors (Lipinski definition) is 3. The molecule has 0 aromatic rings. The Kier molecular flexibility index (Phi) is 11.4. The molecule has 9 nitrogen and oxygen atoms in total. The molecule has 3 fully saturated rings. The number of rotatable bonds is 11. The number of epoxide rings is 1. The Balaban J connectivity index is 1.67. The first-order chi connectivity index (χ1) is 19.4. The quantitative estimate of drug-likeness (QED) is 0.138. The van der Waals surface area contributed by atoms with Crippen LogP contribution >= 0.6 is 0 Å². The summed E-state index contributed by atoms with van der Waals surface area (Å²) in [5.74, 6) is -0.349. The van der Waals surface area contributed by atoms with E-state index in [2.05, 4.69) is 65.2 Å². The predicted molar refractivity (Wildman–Crippen MR) is 166 cm³/mol. The third-order valence-electron chi connectivity index (χ3n) is 9.20. The first kappa shape index (κ1) is 34.7. The van der Waals surface area contributed by atoms with Crippen LogP contribution in [-0.4, -0.2) is 80.1 Å². The molecule has 9 atom stereocenters. The second-order valence-electron chi connectivity index (χ2n) is 14.1. The van der Waals surface area contributed by atoms with E-state index < -0.39 is 20.0 Å². The minimum absolute atomic E-state index is 0.0293. The fraction of sp³-hybridized carbons (Fsp3) is 0.750. The Morgan fingerprint density at radius 1 is 1.21 bits per heavy atom. The summed E-state index contributed by atoms with van der Waals surface area (Å²) in [6.07, 6.45) is 9.75. The van der Waals surface area contributed by atoms with Crippen molar-refractivity contribution < 1.29 is 33.3 Å². The van der Waals surface area contributed by atoms with Gasteiger partial charge in [-0.1, -0.05) is 57.6 Å². The molecule has 0 aliphatic carbocycles. The molecule has 3 saturated heterocycles. The molecule has 0 unspecified atom stereocenters. The van der Waals surface area contributed by atoms with Gasteiger partial charge in [-0.2, -0.15) is 0 Å². The van der Waals surface area contributed by atoms with Crippen LogP contribution in [0.5, 0.6) is 0 Å². The number of nitrogens with one attached hydrogen (secondary N) is 1. The van der Waals surface area contributed by atoms with E-state index in [0.29, 0.717) is 13.0 Å². The van der Waals surface area contributed by atoms with Crippen LogP contribution in [0, 0.1) is 5.92 Å². The minimum Gasteiger partial charge on any atom is -0.408 e. The highest BCUT2D eigenvalue weighted by Gasteiger charge is 2.61. The molecule has 0 aromatic heterocycles. The molecule has 3 aliphatic heterocycles. The molecule has 3 aliphatic rings. The summed E-state index contributed by atoms with van der Waals surface area (Å²) < 4.78 is 25.7. The van der Waals surface area contributed by atoms with E-state index >= 15 is 0 Å². The monoisotopic (exact) mass is 606 g/mol. The number of carbonyl (C=O) groups is 2. The highest BCUT2D eigenvalue weighted by atomic mass is 28.4. The molecular formula is C32H54N2O7Si. The summed E-state index contributed by atoms with van der Waals surface area (Å²) in [6.45, 7) is 19.5. The van der Waals surface area contributed by atoms with Crippen LogP contribution in [0.4, 0.5) is 0 Å². The summed E-state index contributed by atoms with van der Waals surface area (Å²) in [4.78, 5) is 23.9. The van der Waals surface area contributed by atoms with Crippen LogP contribution in [0.25, 0.3) is 0 Å². The number of aliphatic hydroxyl groups is 1. The number of amides is 2. The van der Waals surface area contributed by atoms with Crippen LogP contribution < -0.4 is 11.1 Å². The van der Waals surface area contributed by atoms with Crippen LogP contribution in [0.15, 0.2) is 36.0 Å². The van der Waals surface area contributed by atoms with E-state index in [1.165, 1.54) is 12.2 Å². The summed E-state index contributed by atoms with van der Waals surface area (Å²) >= 11 is 0. The van der Waals surface area contributed by atoms with Gasteiger partial charge in [-0.3, -0.25) is 9.59 Å². The third-order valence-corrected chi connectivity index (χ3v) is 13.7. The molecule has 0 saturated carbocycles. The van der Waals surface area contributed by atoms with Crippen molar-refractivity contribution in [2.24, 2.45) is 11.7 Å². The average molecular weight is 607 g/mol. The van der Waals surface area contributed by atoms with E-state index in [0.717, 1.165) is 18.4 Å². The molecule has 10 heteroatoms. The second kappa shape index (κ2) is 13.9. The maximum Gasteiger partial charge on any atom is 0.244 e. The highest BCUT2D eigenvalue weighted by molar-refractivity contribution is 6.74. The van der Waals surface area contributed by atoms with Gasteiger partial charge in [0.15, 0.2) is 8.32 Å². The maximum absolute atomic E-state index is 12.2. The number of allylic oxidation sites excluding steroid dienone is 2. The van der Waals surface area contributed by atoms with Gasteiger partial charge in [0.2, 0.25) is 11.8 Å². The standard InChI is InChI=1S/C32H54N2O7Si/c1-20(10-13-26-21(2)16-25(23(4)39-26)34-29(37)15-12-22(3)35)11-14-27-30(41-42(8,9)31(5,6)7)32(19-38-32)18-24(40-27)17-28(33)36/h10-12,14-15,21-27,30,35H,13,16-19H2,1-9H3,(H2,33,36)(H,34,37)/t21-,22-,23+,24+,25+,26-,27+,30+,32+/m0/s1. The largest absolute Gasteiger partial charge is 0.408 e. The van der Waals surface area contributed by atoms with Gasteiger partial charge in [0, 0.05) is 12.5 Å². The van der Waals surface area contributed by atoms with Crippen molar-refractivity contribution in [3.8, 4) is 0 Å². The van der Waals surface area contributed by atoms with Gasteiger partial charge < -0.3 is 34.8 Å². The molecule has 0 bridgehead atoms. The predicted octanol–water partition coefficient (Wildman–Crippen LogP) is 4.31. The zero-order valence-electron chi connectivity index (χ0n) is 27.0. The maximum atomic E-state index is 12.2. The average Bonchev–Trinajstić information content (AvgIpc) is 3.63. The van der Waals surface area contributed by atoms with Crippen molar-refractivity contribution in [3.05, 3.63) is 36.0 Å². The topological polar surface area (TPSA) is 133 Å². The lowest BCUT2D eigenvalue weighted by Gasteiger charge is -2.46. The van der Waals surface area contributed by atoms with Gasteiger partial charge in [-0.25, -0.2) is 0 Å². The summed E-state index contributed by atoms with van der Waals surface area (Å²) in [6, 6.07) is -0.0843. The lowest BCUT2D eigenvalue weighted by Crippen LogP contribution is -2.57. The van der Waals surface area contributed by atoms with E-state index in [4.69, 9.17) is 24.4 Å². The van der Waals surface area contributed by atoms with Crippen molar-refractivity contribution >= 4 is 20.1 Å². The molecule has 3 heterocycles. The molecule has 42 heavy (non-hydrogen) atoms. The number of carbonyl (C=O) groups excluding carboxylic acids is 2. The van der Waals surface area contributed by atoms with E-state index in [1.807, 2.05) is 13.0 Å². The van der Waals surface area contributed by atoms with Gasteiger partial charge in [0.05, 0.1) is 43.5 Å². The van der Waals surface area contributed by atoms with Gasteiger partial charge in [0.1, 0.15) is 17.8 Å². The minimum atomic E-state index is -2.13. The molecule has 0 aromatic carbocycles. The smallest absolute Gasteiger partial charge is 0.244 e. The summed E-state index contributed by atoms with van der Waals surface area (Å²) in [5.41, 5.74) is 6.16. The van der Waals surface area contributed by atoms with E-state index in [9.17, 15) is 14.7 Å². The lowest BCUT2D eigenvalue weighted by molar-refractivity contribution is -0.140. The molecule has 238 valence electrons. The SMILES string of the molecule is CC(C=C[C@H]1O[C@H](CC(N)=O)C[C@@]2(CO2)[C@@H]1O[Si](C)(C)C(C)(C)C)=CC[C@@H]1O[C@H](C)[C@H](NC(=O)C=C[C@H](C)O)C[C@@H]1C. The number of nitrogens with two attached hydrogens (primary N) is 1. The van der Waals surface area contributed by atoms with Crippen LogP contribution in [0.3, 0.4) is 0 Å². The van der Waals surface area contributed by atoms with Crippen LogP contribution in [-0.2, 0) is 28.2 Å².